The molecule has 144 valence electrons. The first kappa shape index (κ1) is 18.6. The van der Waals surface area contributed by atoms with E-state index in [4.69, 9.17) is 4.74 Å². The van der Waals surface area contributed by atoms with Crippen LogP contribution in [0.1, 0.15) is 34.4 Å². The Hall–Kier alpha value is -3.79. The molecule has 0 spiro atoms. The van der Waals surface area contributed by atoms with Gasteiger partial charge in [0.25, 0.3) is 0 Å². The summed E-state index contributed by atoms with van der Waals surface area (Å²) in [7, 11) is 0. The Morgan fingerprint density at radius 2 is 1.69 bits per heavy atom. The van der Waals surface area contributed by atoms with E-state index in [1.807, 2.05) is 30.3 Å². The summed E-state index contributed by atoms with van der Waals surface area (Å²) in [5, 5.41) is 2.43. The number of hydrogen-bond acceptors (Lipinski definition) is 3. The zero-order valence-corrected chi connectivity index (χ0v) is 14.8. The van der Waals surface area contributed by atoms with E-state index in [9.17, 15) is 18.0 Å². The summed E-state index contributed by atoms with van der Waals surface area (Å²) in [6.45, 7) is 0. The molecule has 1 aliphatic heterocycles. The summed E-state index contributed by atoms with van der Waals surface area (Å²) >= 11 is 0. The predicted molar refractivity (Wildman–Crippen MR) is 98.1 cm³/mol. The Bertz CT molecular complexity index is 1140. The SMILES string of the molecule is O=C1N[C@H](c2cc(C#Cc3ccccc3)cnc2F)[C@@H](c2cc(F)ccc2F)O1. The first-order valence-corrected chi connectivity index (χ1v) is 8.66. The fourth-order valence-electron chi connectivity index (χ4n) is 3.05. The molecule has 4 rings (SSSR count). The third-order valence-corrected chi connectivity index (χ3v) is 4.40. The van der Waals surface area contributed by atoms with E-state index in [2.05, 4.69) is 22.1 Å². The number of ether oxygens (including phenoxy) is 1. The molecule has 1 N–H and O–H groups in total. The van der Waals surface area contributed by atoms with Crippen LogP contribution >= 0.6 is 0 Å². The van der Waals surface area contributed by atoms with Crippen LogP contribution < -0.4 is 5.32 Å². The Morgan fingerprint density at radius 1 is 0.931 bits per heavy atom. The predicted octanol–water partition coefficient (Wildman–Crippen LogP) is 4.42. The molecular weight excluding hydrogens is 381 g/mol. The van der Waals surface area contributed by atoms with Crippen LogP contribution in [0.5, 0.6) is 0 Å². The number of rotatable bonds is 2. The highest BCUT2D eigenvalue weighted by Gasteiger charge is 2.40. The number of halogens is 3. The Balaban J connectivity index is 1.72. The highest BCUT2D eigenvalue weighted by atomic mass is 19.1. The van der Waals surface area contributed by atoms with Crippen LogP contribution in [0.4, 0.5) is 18.0 Å². The second kappa shape index (κ2) is 7.68. The lowest BCUT2D eigenvalue weighted by atomic mass is 9.96. The molecule has 29 heavy (non-hydrogen) atoms. The Kier molecular flexibility index (Phi) is 4.92. The maximum absolute atomic E-state index is 14.4. The van der Waals surface area contributed by atoms with E-state index in [0.29, 0.717) is 5.56 Å². The van der Waals surface area contributed by atoms with Crippen LogP contribution in [0.2, 0.25) is 0 Å². The van der Waals surface area contributed by atoms with Crippen LogP contribution in [0.15, 0.2) is 60.8 Å². The summed E-state index contributed by atoms with van der Waals surface area (Å²) in [5.74, 6) is 3.45. The second-order valence-corrected chi connectivity index (χ2v) is 6.33. The molecule has 2 heterocycles. The van der Waals surface area contributed by atoms with Gasteiger partial charge in [0, 0.05) is 28.5 Å². The average molecular weight is 394 g/mol. The molecule has 0 unspecified atom stereocenters. The van der Waals surface area contributed by atoms with Crippen LogP contribution in [0, 0.1) is 29.4 Å². The molecule has 0 bridgehead atoms. The van der Waals surface area contributed by atoms with Gasteiger partial charge in [-0.15, -0.1) is 0 Å². The van der Waals surface area contributed by atoms with Crippen molar-refractivity contribution in [2.45, 2.75) is 12.1 Å². The number of nitrogens with one attached hydrogen (secondary N) is 1. The monoisotopic (exact) mass is 394 g/mol. The minimum absolute atomic E-state index is 0.0376. The zero-order valence-electron chi connectivity index (χ0n) is 14.8. The molecule has 0 radical (unpaired) electrons. The van der Waals surface area contributed by atoms with Gasteiger partial charge in [-0.05, 0) is 36.4 Å². The zero-order chi connectivity index (χ0) is 20.4. The Morgan fingerprint density at radius 3 is 2.48 bits per heavy atom. The van der Waals surface area contributed by atoms with Gasteiger partial charge < -0.3 is 10.1 Å². The molecule has 1 saturated heterocycles. The highest BCUT2D eigenvalue weighted by Crippen LogP contribution is 2.38. The number of cyclic esters (lactones) is 1. The minimum Gasteiger partial charge on any atom is -0.439 e. The molecule has 7 heteroatoms. The molecule has 0 aliphatic carbocycles. The summed E-state index contributed by atoms with van der Waals surface area (Å²) in [6.07, 6.45) is -0.875. The van der Waals surface area contributed by atoms with Crippen molar-refractivity contribution in [3.8, 4) is 11.8 Å². The maximum Gasteiger partial charge on any atom is 0.408 e. The molecule has 2 atom stereocenters. The molecular formula is C22H13F3N2O2. The number of carbonyl (C=O) groups is 1. The topological polar surface area (TPSA) is 51.2 Å². The Labute approximate surface area is 164 Å². The number of alkyl carbamates (subject to hydrolysis) is 1. The van der Waals surface area contributed by atoms with Gasteiger partial charge in [0.15, 0.2) is 6.10 Å². The second-order valence-electron chi connectivity index (χ2n) is 6.33. The normalized spacial score (nSPS) is 17.8. The van der Waals surface area contributed by atoms with Crippen molar-refractivity contribution in [3.05, 3.63) is 101 Å². The van der Waals surface area contributed by atoms with Gasteiger partial charge in [0.1, 0.15) is 17.7 Å². The lowest BCUT2D eigenvalue weighted by Crippen LogP contribution is -2.21. The van der Waals surface area contributed by atoms with Crippen LogP contribution in [0.3, 0.4) is 0 Å². The number of carbonyl (C=O) groups excluding carboxylic acids is 1. The lowest BCUT2D eigenvalue weighted by Gasteiger charge is -2.18. The number of hydrogen-bond donors (Lipinski definition) is 1. The molecule has 4 nitrogen and oxygen atoms in total. The van der Waals surface area contributed by atoms with Gasteiger partial charge >= 0.3 is 6.09 Å². The van der Waals surface area contributed by atoms with Crippen LogP contribution in [-0.4, -0.2) is 11.1 Å². The summed E-state index contributed by atoms with van der Waals surface area (Å²) in [5.41, 5.74) is 0.915. The molecule has 0 saturated carbocycles. The molecule has 1 amide bonds. The molecule has 1 aliphatic rings. The summed E-state index contributed by atoms with van der Waals surface area (Å²) < 4.78 is 47.3. The van der Waals surface area contributed by atoms with Gasteiger partial charge in [0.2, 0.25) is 5.95 Å². The van der Waals surface area contributed by atoms with E-state index >= 15 is 0 Å². The maximum atomic E-state index is 14.4. The number of pyridine rings is 1. The number of benzene rings is 2. The van der Waals surface area contributed by atoms with Crippen molar-refractivity contribution in [2.75, 3.05) is 0 Å². The van der Waals surface area contributed by atoms with Crippen molar-refractivity contribution in [1.82, 2.24) is 10.3 Å². The highest BCUT2D eigenvalue weighted by molar-refractivity contribution is 5.71. The molecule has 2 aromatic carbocycles. The number of amides is 1. The minimum atomic E-state index is -1.26. The van der Waals surface area contributed by atoms with E-state index in [1.165, 1.54) is 12.3 Å². The van der Waals surface area contributed by atoms with Crippen molar-refractivity contribution >= 4 is 6.09 Å². The van der Waals surface area contributed by atoms with Gasteiger partial charge in [0.05, 0.1) is 0 Å². The fourth-order valence-corrected chi connectivity index (χ4v) is 3.05. The average Bonchev–Trinajstić information content (AvgIpc) is 3.11. The molecule has 1 fully saturated rings. The van der Waals surface area contributed by atoms with E-state index in [0.717, 1.165) is 23.8 Å². The lowest BCUT2D eigenvalue weighted by molar-refractivity contribution is 0.129. The van der Waals surface area contributed by atoms with Gasteiger partial charge in [-0.1, -0.05) is 30.0 Å². The first-order chi connectivity index (χ1) is 14.0. The molecule has 3 aromatic rings. The summed E-state index contributed by atoms with van der Waals surface area (Å²) in [4.78, 5) is 15.5. The van der Waals surface area contributed by atoms with Gasteiger partial charge in [-0.3, -0.25) is 0 Å². The fraction of sp³-hybridized carbons (Fsp3) is 0.0909. The van der Waals surface area contributed by atoms with E-state index in [1.54, 1.807) is 0 Å². The number of aromatic nitrogens is 1. The first-order valence-electron chi connectivity index (χ1n) is 8.66. The third kappa shape index (κ3) is 3.92. The van der Waals surface area contributed by atoms with Gasteiger partial charge in [-0.2, -0.15) is 4.39 Å². The molecule has 1 aromatic heterocycles. The smallest absolute Gasteiger partial charge is 0.408 e. The third-order valence-electron chi connectivity index (χ3n) is 4.40. The van der Waals surface area contributed by atoms with Crippen LogP contribution in [-0.2, 0) is 4.74 Å². The number of nitrogens with zero attached hydrogens (tertiary/aromatic N) is 1. The summed E-state index contributed by atoms with van der Waals surface area (Å²) in [6, 6.07) is 12.3. The van der Waals surface area contributed by atoms with Crippen LogP contribution in [0.25, 0.3) is 0 Å². The van der Waals surface area contributed by atoms with Crippen molar-refractivity contribution in [3.63, 3.8) is 0 Å². The van der Waals surface area contributed by atoms with E-state index in [-0.39, 0.29) is 11.1 Å². The largest absolute Gasteiger partial charge is 0.439 e. The van der Waals surface area contributed by atoms with Crippen molar-refractivity contribution < 1.29 is 22.7 Å². The standard InChI is InChI=1S/C22H13F3N2O2/c23-15-8-9-18(24)16(11-15)20-19(27-22(28)29-20)17-10-14(12-26-21(17)25)7-6-13-4-2-1-3-5-13/h1-5,8-12,19-20H,(H,27,28)/t19-,20-/m1/s1. The van der Waals surface area contributed by atoms with Crippen molar-refractivity contribution in [2.24, 2.45) is 0 Å². The van der Waals surface area contributed by atoms with E-state index < -0.39 is 35.8 Å². The van der Waals surface area contributed by atoms with Gasteiger partial charge in [-0.25, -0.2) is 18.6 Å². The van der Waals surface area contributed by atoms with Crippen molar-refractivity contribution in [1.29, 1.82) is 0 Å². The quantitative estimate of drug-likeness (QED) is 0.517.